The number of benzene rings is 3. The smallest absolute Gasteiger partial charge is 0.330 e. The van der Waals surface area contributed by atoms with E-state index in [4.69, 9.17) is 5.11 Å². The monoisotopic (exact) mass is 446 g/mol. The minimum Gasteiger partial charge on any atom is -0.481 e. The first-order chi connectivity index (χ1) is 15.4. The van der Waals surface area contributed by atoms with Gasteiger partial charge in [-0.05, 0) is 34.9 Å². The van der Waals surface area contributed by atoms with Crippen LogP contribution in [-0.4, -0.2) is 30.2 Å². The van der Waals surface area contributed by atoms with Crippen LogP contribution in [0.3, 0.4) is 0 Å². The van der Waals surface area contributed by atoms with E-state index in [0.717, 1.165) is 6.42 Å². The van der Waals surface area contributed by atoms with Crippen molar-refractivity contribution in [3.63, 3.8) is 0 Å². The number of carboxylic acid groups (broad SMARTS) is 2. The maximum absolute atomic E-state index is 11.4. The van der Waals surface area contributed by atoms with Crippen LogP contribution in [0, 0.1) is 0 Å². The summed E-state index contributed by atoms with van der Waals surface area (Å²) < 4.78 is 0. The molecular formula is C27H30O4Si. The van der Waals surface area contributed by atoms with E-state index >= 15 is 0 Å². The van der Waals surface area contributed by atoms with Crippen LogP contribution >= 0.6 is 0 Å². The van der Waals surface area contributed by atoms with Crippen LogP contribution in [0.4, 0.5) is 0 Å². The van der Waals surface area contributed by atoms with Gasteiger partial charge in [0.05, 0.1) is 0 Å². The van der Waals surface area contributed by atoms with Crippen molar-refractivity contribution >= 4 is 35.6 Å². The van der Waals surface area contributed by atoms with Crippen LogP contribution in [0.1, 0.15) is 26.7 Å². The lowest BCUT2D eigenvalue weighted by Gasteiger charge is -2.33. The third-order valence-corrected chi connectivity index (χ3v) is 10.3. The Bertz CT molecular complexity index is 919. The molecule has 0 aliphatic carbocycles. The molecule has 0 amide bonds. The molecular weight excluding hydrogens is 416 g/mol. The Labute approximate surface area is 190 Å². The van der Waals surface area contributed by atoms with Gasteiger partial charge in [-0.1, -0.05) is 104 Å². The average molecular weight is 447 g/mol. The van der Waals surface area contributed by atoms with Crippen molar-refractivity contribution in [1.82, 2.24) is 0 Å². The molecule has 166 valence electrons. The Morgan fingerprint density at radius 1 is 0.750 bits per heavy atom. The fourth-order valence-corrected chi connectivity index (χ4v) is 8.53. The standard InChI is InChI=1S/C21H20O2Si.C6H10O2/c22-21(23)16-17-24(18-10-4-1-5-11-18,19-12-6-2-7-13-19)20-14-8-3-9-15-20;1-3-4-5(2)6(7)8/h1-15H,16-17H2,(H,22,23);4H,3H2,1-2H3,(H,7,8). The maximum Gasteiger partial charge on any atom is 0.330 e. The van der Waals surface area contributed by atoms with Crippen molar-refractivity contribution in [2.75, 3.05) is 0 Å². The van der Waals surface area contributed by atoms with Gasteiger partial charge in [0.1, 0.15) is 8.07 Å². The summed E-state index contributed by atoms with van der Waals surface area (Å²) in [6.45, 7) is 3.50. The molecule has 5 heteroatoms. The number of carboxylic acids is 2. The van der Waals surface area contributed by atoms with Crippen molar-refractivity contribution < 1.29 is 19.8 Å². The molecule has 2 N–H and O–H groups in total. The molecule has 0 aliphatic rings. The molecule has 3 aromatic carbocycles. The second-order valence-corrected chi connectivity index (χ2v) is 11.5. The zero-order chi connectivity index (χ0) is 23.4. The van der Waals surface area contributed by atoms with Crippen molar-refractivity contribution in [3.8, 4) is 0 Å². The summed E-state index contributed by atoms with van der Waals surface area (Å²) in [5.41, 5.74) is 0.424. The Morgan fingerprint density at radius 2 is 1.12 bits per heavy atom. The van der Waals surface area contributed by atoms with Gasteiger partial charge in [0.25, 0.3) is 0 Å². The van der Waals surface area contributed by atoms with E-state index in [1.807, 2.05) is 61.5 Å². The van der Waals surface area contributed by atoms with Crippen LogP contribution in [0.5, 0.6) is 0 Å². The summed E-state index contributed by atoms with van der Waals surface area (Å²) >= 11 is 0. The SMILES string of the molecule is CCC=C(C)C(=O)O.O=C(O)CC[Si](c1ccccc1)(c1ccccc1)c1ccccc1. The third-order valence-electron chi connectivity index (χ3n) is 5.36. The van der Waals surface area contributed by atoms with Gasteiger partial charge in [0.15, 0.2) is 0 Å². The Balaban J connectivity index is 0.000000390. The summed E-state index contributed by atoms with van der Waals surface area (Å²) in [5.74, 6) is -1.57. The maximum atomic E-state index is 11.4. The molecule has 0 spiro atoms. The molecule has 0 unspecified atom stereocenters. The van der Waals surface area contributed by atoms with Crippen molar-refractivity contribution in [2.24, 2.45) is 0 Å². The quantitative estimate of drug-likeness (QED) is 0.311. The zero-order valence-corrected chi connectivity index (χ0v) is 19.6. The van der Waals surface area contributed by atoms with Crippen LogP contribution in [0.15, 0.2) is 103 Å². The van der Waals surface area contributed by atoms with Gasteiger partial charge >= 0.3 is 11.9 Å². The number of hydrogen-bond acceptors (Lipinski definition) is 2. The molecule has 0 aliphatic heterocycles. The van der Waals surface area contributed by atoms with Crippen molar-refractivity contribution in [1.29, 1.82) is 0 Å². The van der Waals surface area contributed by atoms with E-state index in [9.17, 15) is 14.7 Å². The highest BCUT2D eigenvalue weighted by Crippen LogP contribution is 2.15. The Hall–Kier alpha value is -3.44. The molecule has 0 heterocycles. The van der Waals surface area contributed by atoms with Crippen molar-refractivity contribution in [3.05, 3.63) is 103 Å². The van der Waals surface area contributed by atoms with Crippen molar-refractivity contribution in [2.45, 2.75) is 32.7 Å². The lowest BCUT2D eigenvalue weighted by Crippen LogP contribution is -2.67. The molecule has 3 rings (SSSR count). The van der Waals surface area contributed by atoms with Crippen LogP contribution < -0.4 is 15.6 Å². The number of aliphatic carboxylic acids is 2. The molecule has 0 bridgehead atoms. The fraction of sp³-hybridized carbons (Fsp3) is 0.185. The summed E-state index contributed by atoms with van der Waals surface area (Å²) in [4.78, 5) is 21.4. The van der Waals surface area contributed by atoms with Crippen LogP contribution in [-0.2, 0) is 9.59 Å². The number of rotatable bonds is 8. The molecule has 0 atom stereocenters. The first-order valence-corrected chi connectivity index (χ1v) is 12.9. The van der Waals surface area contributed by atoms with E-state index < -0.39 is 20.0 Å². The van der Waals surface area contributed by atoms with Gasteiger partial charge < -0.3 is 10.2 Å². The topological polar surface area (TPSA) is 74.6 Å². The first-order valence-electron chi connectivity index (χ1n) is 10.7. The number of allylic oxidation sites excluding steroid dienone is 1. The minimum absolute atomic E-state index is 0.172. The second kappa shape index (κ2) is 12.4. The first kappa shape index (κ1) is 24.8. The third kappa shape index (κ3) is 6.53. The molecule has 0 saturated carbocycles. The van der Waals surface area contributed by atoms with Gasteiger partial charge in [-0.2, -0.15) is 0 Å². The highest BCUT2D eigenvalue weighted by Gasteiger charge is 2.39. The van der Waals surface area contributed by atoms with E-state index in [0.29, 0.717) is 11.6 Å². The molecule has 0 aromatic heterocycles. The highest BCUT2D eigenvalue weighted by molar-refractivity contribution is 7.11. The highest BCUT2D eigenvalue weighted by atomic mass is 28.3. The lowest BCUT2D eigenvalue weighted by molar-refractivity contribution is -0.136. The minimum atomic E-state index is -2.37. The molecule has 3 aromatic rings. The summed E-state index contributed by atoms with van der Waals surface area (Å²) in [7, 11) is -2.37. The Kier molecular flexibility index (Phi) is 9.63. The van der Waals surface area contributed by atoms with Gasteiger partial charge in [0, 0.05) is 12.0 Å². The van der Waals surface area contributed by atoms with Gasteiger partial charge in [-0.15, -0.1) is 0 Å². The van der Waals surface area contributed by atoms with E-state index in [1.54, 1.807) is 13.0 Å². The van der Waals surface area contributed by atoms with Gasteiger partial charge in [-0.25, -0.2) is 4.79 Å². The largest absolute Gasteiger partial charge is 0.481 e. The lowest BCUT2D eigenvalue weighted by atomic mass is 10.2. The van der Waals surface area contributed by atoms with E-state index in [-0.39, 0.29) is 6.42 Å². The molecule has 4 nitrogen and oxygen atoms in total. The van der Waals surface area contributed by atoms with Gasteiger partial charge in [0.2, 0.25) is 0 Å². The molecule has 0 saturated heterocycles. The normalized spacial score (nSPS) is 11.2. The Morgan fingerprint density at radius 3 is 1.38 bits per heavy atom. The zero-order valence-electron chi connectivity index (χ0n) is 18.6. The number of hydrogen-bond donors (Lipinski definition) is 2. The van der Waals surface area contributed by atoms with E-state index in [2.05, 4.69) is 36.4 Å². The average Bonchev–Trinajstić information content (AvgIpc) is 2.82. The summed E-state index contributed by atoms with van der Waals surface area (Å²) in [6, 6.07) is 31.8. The number of carbonyl (C=O) groups is 2. The second-order valence-electron chi connectivity index (χ2n) is 7.50. The van der Waals surface area contributed by atoms with Crippen LogP contribution in [0.25, 0.3) is 0 Å². The predicted molar refractivity (Wildman–Crippen MR) is 133 cm³/mol. The summed E-state index contributed by atoms with van der Waals surface area (Å²) in [5, 5.41) is 21.3. The molecule has 0 radical (unpaired) electrons. The molecule has 0 fully saturated rings. The van der Waals surface area contributed by atoms with Gasteiger partial charge in [-0.3, -0.25) is 4.79 Å². The predicted octanol–water partition coefficient (Wildman–Crippen LogP) is 4.06. The van der Waals surface area contributed by atoms with Crippen LogP contribution in [0.2, 0.25) is 6.04 Å². The summed E-state index contributed by atoms with van der Waals surface area (Å²) in [6.07, 6.45) is 2.64. The van der Waals surface area contributed by atoms with E-state index in [1.165, 1.54) is 15.6 Å². The molecule has 32 heavy (non-hydrogen) atoms. The fourth-order valence-electron chi connectivity index (χ4n) is 3.79.